The molecule has 0 spiro atoms. The predicted molar refractivity (Wildman–Crippen MR) is 90.9 cm³/mol. The third-order valence-corrected chi connectivity index (χ3v) is 7.44. The van der Waals surface area contributed by atoms with Gasteiger partial charge in [0.25, 0.3) is 5.91 Å². The number of rotatable bonds is 5. The molecule has 2 bridgehead atoms. The molecule has 24 heavy (non-hydrogen) atoms. The van der Waals surface area contributed by atoms with Gasteiger partial charge in [0, 0.05) is 6.42 Å². The van der Waals surface area contributed by atoms with E-state index in [4.69, 9.17) is 5.73 Å². The molecule has 130 valence electrons. The van der Waals surface area contributed by atoms with Crippen molar-refractivity contribution in [2.45, 2.75) is 33.1 Å². The number of carbonyl (C=O) groups excluding carboxylic acids is 2. The van der Waals surface area contributed by atoms with Gasteiger partial charge < -0.3 is 5.73 Å². The summed E-state index contributed by atoms with van der Waals surface area (Å²) in [5.41, 5.74) is 4.38. The van der Waals surface area contributed by atoms with Gasteiger partial charge in [-0.3, -0.25) is 14.3 Å². The van der Waals surface area contributed by atoms with Crippen LogP contribution in [0.1, 0.15) is 43.5 Å². The molecule has 2 fully saturated rings. The molecule has 0 heterocycles. The fourth-order valence-corrected chi connectivity index (χ4v) is 6.33. The van der Waals surface area contributed by atoms with Crippen LogP contribution in [-0.4, -0.2) is 25.9 Å². The molecular weight excluding hydrogens is 328 g/mol. The number of para-hydroxylation sites is 1. The average Bonchev–Trinajstić information content (AvgIpc) is 2.80. The molecule has 1 aromatic rings. The predicted octanol–water partition coefficient (Wildman–Crippen LogP) is 1.92. The van der Waals surface area contributed by atoms with Gasteiger partial charge in [0.1, 0.15) is 5.78 Å². The highest BCUT2D eigenvalue weighted by Crippen LogP contribution is 2.64. The van der Waals surface area contributed by atoms with Crippen molar-refractivity contribution in [3.8, 4) is 0 Å². The van der Waals surface area contributed by atoms with E-state index in [1.165, 1.54) is 12.1 Å². The molecule has 0 unspecified atom stereocenters. The maximum atomic E-state index is 12.7. The number of anilines is 1. The van der Waals surface area contributed by atoms with Crippen molar-refractivity contribution in [3.05, 3.63) is 29.8 Å². The number of Topliss-reactive ketones (excluding diaryl/α,β-unsaturated/α-hetero) is 1. The summed E-state index contributed by atoms with van der Waals surface area (Å²) >= 11 is 0. The topological polar surface area (TPSA) is 106 Å². The lowest BCUT2D eigenvalue weighted by atomic mass is 9.70. The summed E-state index contributed by atoms with van der Waals surface area (Å²) in [4.78, 5) is 24.0. The Balaban J connectivity index is 1.91. The van der Waals surface area contributed by atoms with Crippen LogP contribution in [0.25, 0.3) is 0 Å². The van der Waals surface area contributed by atoms with Crippen LogP contribution in [-0.2, 0) is 14.8 Å². The summed E-state index contributed by atoms with van der Waals surface area (Å²) in [7, 11) is -3.80. The number of fused-ring (bicyclic) bond motifs is 2. The number of nitrogens with one attached hydrogen (secondary N) is 1. The molecule has 2 aliphatic rings. The Morgan fingerprint density at radius 1 is 1.33 bits per heavy atom. The van der Waals surface area contributed by atoms with Crippen LogP contribution in [0.3, 0.4) is 0 Å². The first-order valence-corrected chi connectivity index (χ1v) is 9.67. The number of primary amides is 1. The second-order valence-corrected chi connectivity index (χ2v) is 9.16. The summed E-state index contributed by atoms with van der Waals surface area (Å²) in [6.07, 6.45) is 1.94. The van der Waals surface area contributed by atoms with Crippen LogP contribution in [0.2, 0.25) is 0 Å². The van der Waals surface area contributed by atoms with E-state index in [0.717, 1.165) is 6.42 Å². The number of amides is 1. The number of sulfonamides is 1. The van der Waals surface area contributed by atoms with Gasteiger partial charge in [0.15, 0.2) is 0 Å². The molecule has 6 nitrogen and oxygen atoms in total. The van der Waals surface area contributed by atoms with Crippen molar-refractivity contribution in [1.82, 2.24) is 0 Å². The second-order valence-electron chi connectivity index (χ2n) is 7.44. The normalized spacial score (nSPS) is 28.1. The number of hydrogen-bond donors (Lipinski definition) is 2. The van der Waals surface area contributed by atoms with Gasteiger partial charge in [-0.1, -0.05) is 26.0 Å². The minimum atomic E-state index is -3.80. The molecule has 3 N–H and O–H groups in total. The van der Waals surface area contributed by atoms with Crippen LogP contribution >= 0.6 is 0 Å². The van der Waals surface area contributed by atoms with E-state index in [0.29, 0.717) is 12.8 Å². The van der Waals surface area contributed by atoms with E-state index in [1.807, 2.05) is 13.8 Å². The molecule has 3 rings (SSSR count). The SMILES string of the molecule is CC1(C)[C@@H]2CC[C@]1(CS(=O)(=O)Nc1ccccc1C(N)=O)C(=O)C2. The van der Waals surface area contributed by atoms with Crippen LogP contribution in [0, 0.1) is 16.7 Å². The molecule has 2 atom stereocenters. The lowest BCUT2D eigenvalue weighted by Crippen LogP contribution is -2.43. The molecule has 0 radical (unpaired) electrons. The van der Waals surface area contributed by atoms with Gasteiger partial charge in [0.2, 0.25) is 10.0 Å². The number of nitrogens with two attached hydrogens (primary N) is 1. The van der Waals surface area contributed by atoms with E-state index < -0.39 is 21.3 Å². The number of ketones is 1. The molecular formula is C17H22N2O4S. The van der Waals surface area contributed by atoms with Gasteiger partial charge in [-0.25, -0.2) is 8.42 Å². The molecule has 0 aliphatic heterocycles. The van der Waals surface area contributed by atoms with Crippen molar-refractivity contribution in [2.75, 3.05) is 10.5 Å². The van der Waals surface area contributed by atoms with E-state index in [1.54, 1.807) is 12.1 Å². The zero-order chi connectivity index (χ0) is 17.8. The van der Waals surface area contributed by atoms with Gasteiger partial charge in [-0.05, 0) is 36.3 Å². The first kappa shape index (κ1) is 17.0. The first-order chi connectivity index (χ1) is 11.1. The Labute approximate surface area is 141 Å². The van der Waals surface area contributed by atoms with Crippen molar-refractivity contribution >= 4 is 27.4 Å². The Morgan fingerprint density at radius 2 is 2.00 bits per heavy atom. The van der Waals surface area contributed by atoms with Crippen molar-refractivity contribution in [2.24, 2.45) is 22.5 Å². The molecule has 7 heteroatoms. The van der Waals surface area contributed by atoms with Crippen molar-refractivity contribution in [3.63, 3.8) is 0 Å². The molecule has 2 saturated carbocycles. The van der Waals surface area contributed by atoms with Gasteiger partial charge in [-0.2, -0.15) is 0 Å². The van der Waals surface area contributed by atoms with Crippen molar-refractivity contribution < 1.29 is 18.0 Å². The van der Waals surface area contributed by atoms with Crippen LogP contribution in [0.4, 0.5) is 5.69 Å². The third kappa shape index (κ3) is 2.42. The molecule has 1 amide bonds. The molecule has 1 aromatic carbocycles. The summed E-state index contributed by atoms with van der Waals surface area (Å²) in [5.74, 6) is -0.671. The number of hydrogen-bond acceptors (Lipinski definition) is 4. The monoisotopic (exact) mass is 350 g/mol. The summed E-state index contributed by atoms with van der Waals surface area (Å²) < 4.78 is 27.9. The minimum absolute atomic E-state index is 0.0392. The van der Waals surface area contributed by atoms with Gasteiger partial charge in [-0.15, -0.1) is 0 Å². The Kier molecular flexibility index (Phi) is 3.75. The Hall–Kier alpha value is -1.89. The Morgan fingerprint density at radius 3 is 2.54 bits per heavy atom. The standard InChI is InChI=1S/C17H22N2O4S/c1-16(2)11-7-8-17(16,14(20)9-11)10-24(22,23)19-13-6-4-3-5-12(13)15(18)21/h3-6,11,19H,7-10H2,1-2H3,(H2,18,21)/t11-,17+/m1/s1. The lowest BCUT2D eigenvalue weighted by Gasteiger charge is -2.36. The third-order valence-electron chi connectivity index (χ3n) is 6.03. The average molecular weight is 350 g/mol. The van der Waals surface area contributed by atoms with Crippen LogP contribution < -0.4 is 10.5 Å². The fraction of sp³-hybridized carbons (Fsp3) is 0.529. The maximum absolute atomic E-state index is 12.7. The van der Waals surface area contributed by atoms with E-state index in [2.05, 4.69) is 4.72 Å². The zero-order valence-electron chi connectivity index (χ0n) is 13.8. The highest BCUT2D eigenvalue weighted by atomic mass is 32.2. The number of carbonyl (C=O) groups is 2. The second kappa shape index (κ2) is 5.31. The fourth-order valence-electron chi connectivity index (χ4n) is 4.42. The molecule has 2 aliphatic carbocycles. The largest absolute Gasteiger partial charge is 0.366 e. The summed E-state index contributed by atoms with van der Waals surface area (Å²) in [6, 6.07) is 6.20. The maximum Gasteiger partial charge on any atom is 0.250 e. The smallest absolute Gasteiger partial charge is 0.250 e. The van der Waals surface area contributed by atoms with Gasteiger partial charge in [0.05, 0.1) is 22.4 Å². The van der Waals surface area contributed by atoms with Crippen LogP contribution in [0.5, 0.6) is 0 Å². The Bertz CT molecular complexity index is 816. The minimum Gasteiger partial charge on any atom is -0.366 e. The van der Waals surface area contributed by atoms with Crippen molar-refractivity contribution in [1.29, 1.82) is 0 Å². The number of benzene rings is 1. The van der Waals surface area contributed by atoms with E-state index in [-0.39, 0.29) is 34.1 Å². The molecule has 0 aromatic heterocycles. The zero-order valence-corrected chi connectivity index (χ0v) is 14.7. The lowest BCUT2D eigenvalue weighted by molar-refractivity contribution is -0.128. The summed E-state index contributed by atoms with van der Waals surface area (Å²) in [5, 5.41) is 0. The molecule has 0 saturated heterocycles. The van der Waals surface area contributed by atoms with Crippen LogP contribution in [0.15, 0.2) is 24.3 Å². The highest BCUT2D eigenvalue weighted by Gasteiger charge is 2.65. The first-order valence-electron chi connectivity index (χ1n) is 8.02. The van der Waals surface area contributed by atoms with E-state index >= 15 is 0 Å². The quantitative estimate of drug-likeness (QED) is 0.846. The van der Waals surface area contributed by atoms with E-state index in [9.17, 15) is 18.0 Å². The highest BCUT2D eigenvalue weighted by molar-refractivity contribution is 7.92. The van der Waals surface area contributed by atoms with Gasteiger partial charge >= 0.3 is 0 Å². The summed E-state index contributed by atoms with van der Waals surface area (Å²) in [6.45, 7) is 3.98.